The van der Waals surface area contributed by atoms with E-state index in [0.717, 1.165) is 29.9 Å². The van der Waals surface area contributed by atoms with Gasteiger partial charge in [-0.2, -0.15) is 0 Å². The highest BCUT2D eigenvalue weighted by Gasteiger charge is 2.30. The summed E-state index contributed by atoms with van der Waals surface area (Å²) in [4.78, 5) is 24.8. The number of rotatable bonds is 3. The van der Waals surface area contributed by atoms with Crippen molar-refractivity contribution in [3.8, 4) is 0 Å². The largest absolute Gasteiger partial charge is 0.352 e. The molecule has 0 atom stereocenters. The van der Waals surface area contributed by atoms with Crippen molar-refractivity contribution in [2.45, 2.75) is 17.7 Å². The summed E-state index contributed by atoms with van der Waals surface area (Å²) in [6, 6.07) is 7.18. The molecule has 27 heavy (non-hydrogen) atoms. The standard InChI is InChI=1S/C18H20N4O4S/c23-17(20-11-12-5-7-19-8-6-12)13-3-4-16-14(10-13)21-18(24)15-2-1-9-22(15)27(16,25)26/h1-4,9-10,12,19H,5-8,11H2,(H,20,23)(H,21,24). The first-order valence-corrected chi connectivity index (χ1v) is 10.3. The molecule has 8 nitrogen and oxygen atoms in total. The van der Waals surface area contributed by atoms with Crippen molar-refractivity contribution in [1.29, 1.82) is 0 Å². The average molecular weight is 388 g/mol. The molecule has 4 rings (SSSR count). The molecular weight excluding hydrogens is 368 g/mol. The third kappa shape index (κ3) is 3.24. The van der Waals surface area contributed by atoms with Gasteiger partial charge in [-0.25, -0.2) is 12.4 Å². The van der Waals surface area contributed by atoms with Gasteiger partial charge in [0.25, 0.3) is 21.8 Å². The number of nitrogens with one attached hydrogen (secondary N) is 3. The van der Waals surface area contributed by atoms with Crippen LogP contribution in [0.5, 0.6) is 0 Å². The van der Waals surface area contributed by atoms with E-state index in [9.17, 15) is 18.0 Å². The highest BCUT2D eigenvalue weighted by atomic mass is 32.2. The molecule has 0 bridgehead atoms. The first-order valence-electron chi connectivity index (χ1n) is 8.84. The number of fused-ring (bicyclic) bond motifs is 2. The summed E-state index contributed by atoms with van der Waals surface area (Å²) in [5.41, 5.74) is 0.450. The van der Waals surface area contributed by atoms with Gasteiger partial charge in [0.05, 0.1) is 5.69 Å². The first-order chi connectivity index (χ1) is 13.0. The second-order valence-corrected chi connectivity index (χ2v) is 8.55. The van der Waals surface area contributed by atoms with Crippen LogP contribution in [0.3, 0.4) is 0 Å². The zero-order valence-electron chi connectivity index (χ0n) is 14.6. The van der Waals surface area contributed by atoms with Crippen LogP contribution in [0.1, 0.15) is 33.7 Å². The first kappa shape index (κ1) is 17.7. The molecule has 142 valence electrons. The van der Waals surface area contributed by atoms with Crippen LogP contribution in [-0.4, -0.2) is 43.8 Å². The van der Waals surface area contributed by atoms with Gasteiger partial charge < -0.3 is 16.0 Å². The van der Waals surface area contributed by atoms with Gasteiger partial charge in [-0.1, -0.05) is 0 Å². The Kier molecular flexibility index (Phi) is 4.48. The lowest BCUT2D eigenvalue weighted by atomic mass is 9.98. The van der Waals surface area contributed by atoms with E-state index >= 15 is 0 Å². The van der Waals surface area contributed by atoms with E-state index in [1.54, 1.807) is 0 Å². The fourth-order valence-corrected chi connectivity index (χ4v) is 4.94. The summed E-state index contributed by atoms with van der Waals surface area (Å²) in [5.74, 6) is -0.386. The Balaban J connectivity index is 1.59. The molecule has 2 aliphatic rings. The molecular formula is C18H20N4O4S. The average Bonchev–Trinajstić information content (AvgIpc) is 3.15. The zero-order valence-corrected chi connectivity index (χ0v) is 15.4. The number of carbonyl (C=O) groups excluding carboxylic acids is 2. The lowest BCUT2D eigenvalue weighted by Gasteiger charge is -2.22. The summed E-state index contributed by atoms with van der Waals surface area (Å²) >= 11 is 0. The Morgan fingerprint density at radius 1 is 1.22 bits per heavy atom. The normalized spacial score (nSPS) is 18.7. The summed E-state index contributed by atoms with van der Waals surface area (Å²) < 4.78 is 26.5. The fourth-order valence-electron chi connectivity index (χ4n) is 3.46. The minimum Gasteiger partial charge on any atom is -0.352 e. The SMILES string of the molecule is O=C(NCC1CCNCC1)c1ccc2c(c1)NC(=O)c1cccn1S2(=O)=O. The highest BCUT2D eigenvalue weighted by Crippen LogP contribution is 2.29. The maximum Gasteiger partial charge on any atom is 0.273 e. The Hall–Kier alpha value is -2.65. The van der Waals surface area contributed by atoms with E-state index in [-0.39, 0.29) is 22.2 Å². The quantitative estimate of drug-likeness (QED) is 0.727. The van der Waals surface area contributed by atoms with Gasteiger partial charge in [0.1, 0.15) is 10.6 Å². The number of nitrogens with zero attached hydrogens (tertiary/aromatic N) is 1. The van der Waals surface area contributed by atoms with Gasteiger partial charge in [0, 0.05) is 18.3 Å². The number of hydrogen-bond acceptors (Lipinski definition) is 5. The Labute approximate surface area is 157 Å². The van der Waals surface area contributed by atoms with Gasteiger partial charge in [0.15, 0.2) is 0 Å². The van der Waals surface area contributed by atoms with E-state index in [1.165, 1.54) is 36.5 Å². The van der Waals surface area contributed by atoms with Crippen LogP contribution in [-0.2, 0) is 10.0 Å². The maximum atomic E-state index is 12.8. The Morgan fingerprint density at radius 3 is 2.78 bits per heavy atom. The van der Waals surface area contributed by atoms with Gasteiger partial charge in [-0.05, 0) is 62.2 Å². The molecule has 1 aromatic heterocycles. The molecule has 0 unspecified atom stereocenters. The number of aromatic nitrogens is 1. The van der Waals surface area contributed by atoms with Crippen LogP contribution in [0.2, 0.25) is 0 Å². The molecule has 1 aromatic carbocycles. The van der Waals surface area contributed by atoms with E-state index in [0.29, 0.717) is 18.0 Å². The van der Waals surface area contributed by atoms with E-state index in [1.807, 2.05) is 0 Å². The van der Waals surface area contributed by atoms with Crippen LogP contribution >= 0.6 is 0 Å². The van der Waals surface area contributed by atoms with Crippen LogP contribution in [0.4, 0.5) is 5.69 Å². The maximum absolute atomic E-state index is 12.8. The molecule has 3 N–H and O–H groups in total. The van der Waals surface area contributed by atoms with Crippen molar-refractivity contribution in [3.63, 3.8) is 0 Å². The van der Waals surface area contributed by atoms with Gasteiger partial charge >= 0.3 is 0 Å². The minimum absolute atomic E-state index is 0.0307. The van der Waals surface area contributed by atoms with Crippen LogP contribution in [0, 0.1) is 5.92 Å². The number of anilines is 1. The molecule has 2 amide bonds. The van der Waals surface area contributed by atoms with Crippen molar-refractivity contribution in [2.24, 2.45) is 5.92 Å². The topological polar surface area (TPSA) is 109 Å². The van der Waals surface area contributed by atoms with Gasteiger partial charge in [0.2, 0.25) is 0 Å². The molecule has 2 aromatic rings. The second kappa shape index (κ2) is 6.82. The molecule has 9 heteroatoms. The summed E-state index contributed by atoms with van der Waals surface area (Å²) in [6.45, 7) is 2.47. The number of hydrogen-bond donors (Lipinski definition) is 3. The van der Waals surface area contributed by atoms with Gasteiger partial charge in [-0.3, -0.25) is 9.59 Å². The second-order valence-electron chi connectivity index (χ2n) is 6.76. The molecule has 0 radical (unpaired) electrons. The third-order valence-electron chi connectivity index (χ3n) is 4.98. The fraction of sp³-hybridized carbons (Fsp3) is 0.333. The van der Waals surface area contributed by atoms with Crippen LogP contribution in [0.15, 0.2) is 41.4 Å². The zero-order chi connectivity index (χ0) is 19.0. The van der Waals surface area contributed by atoms with Crippen molar-refractivity contribution < 1.29 is 18.0 Å². The number of piperidine rings is 1. The summed E-state index contributed by atoms with van der Waals surface area (Å²) in [7, 11) is -3.90. The summed E-state index contributed by atoms with van der Waals surface area (Å²) in [5, 5.41) is 8.77. The number of amides is 2. The molecule has 0 saturated carbocycles. The van der Waals surface area contributed by atoms with E-state index in [2.05, 4.69) is 16.0 Å². The minimum atomic E-state index is -3.90. The highest BCUT2D eigenvalue weighted by molar-refractivity contribution is 7.90. The predicted octanol–water partition coefficient (Wildman–Crippen LogP) is 1.02. The van der Waals surface area contributed by atoms with Crippen molar-refractivity contribution in [3.05, 3.63) is 47.8 Å². The number of benzene rings is 1. The number of carbonyl (C=O) groups is 2. The molecule has 1 saturated heterocycles. The van der Waals surface area contributed by atoms with E-state index < -0.39 is 15.9 Å². The Morgan fingerprint density at radius 2 is 2.00 bits per heavy atom. The Bertz CT molecular complexity index is 1010. The predicted molar refractivity (Wildman–Crippen MR) is 99.3 cm³/mol. The van der Waals surface area contributed by atoms with Crippen LogP contribution < -0.4 is 16.0 Å². The van der Waals surface area contributed by atoms with Crippen molar-refractivity contribution in [1.82, 2.24) is 14.6 Å². The monoisotopic (exact) mass is 388 g/mol. The van der Waals surface area contributed by atoms with E-state index in [4.69, 9.17) is 0 Å². The third-order valence-corrected chi connectivity index (χ3v) is 6.73. The van der Waals surface area contributed by atoms with Crippen LogP contribution in [0.25, 0.3) is 0 Å². The molecule has 0 aliphatic carbocycles. The molecule has 1 fully saturated rings. The van der Waals surface area contributed by atoms with Gasteiger partial charge in [-0.15, -0.1) is 0 Å². The molecule has 2 aliphatic heterocycles. The smallest absolute Gasteiger partial charge is 0.273 e. The van der Waals surface area contributed by atoms with Crippen molar-refractivity contribution >= 4 is 27.5 Å². The summed E-state index contributed by atoms with van der Waals surface area (Å²) in [6.07, 6.45) is 3.35. The molecule has 3 heterocycles. The lowest BCUT2D eigenvalue weighted by molar-refractivity contribution is 0.0943. The molecule has 0 spiro atoms. The lowest BCUT2D eigenvalue weighted by Crippen LogP contribution is -2.36. The van der Waals surface area contributed by atoms with Crippen molar-refractivity contribution in [2.75, 3.05) is 25.0 Å².